The van der Waals surface area contributed by atoms with Crippen molar-refractivity contribution >= 4 is 29.5 Å². The van der Waals surface area contributed by atoms with Gasteiger partial charge in [0.25, 0.3) is 0 Å². The Bertz CT molecular complexity index is 889. The molecule has 0 fully saturated rings. The average Bonchev–Trinajstić information content (AvgIpc) is 2.79. The molecule has 35 heavy (non-hydrogen) atoms. The largest absolute Gasteiger partial charge is 0.368 e. The van der Waals surface area contributed by atoms with E-state index in [0.29, 0.717) is 6.42 Å². The number of nitrogens with two attached hydrogens (primary N) is 1. The van der Waals surface area contributed by atoms with Gasteiger partial charge in [0.1, 0.15) is 24.2 Å². The van der Waals surface area contributed by atoms with Crippen LogP contribution < -0.4 is 27.0 Å². The first-order valence-corrected chi connectivity index (χ1v) is 11.9. The third kappa shape index (κ3) is 9.76. The Labute approximate surface area is 207 Å². The molecule has 6 N–H and O–H groups in total. The molecule has 5 atom stereocenters. The van der Waals surface area contributed by atoms with E-state index in [4.69, 9.17) is 5.73 Å². The minimum atomic E-state index is -1.01. The topological polar surface area (TPSA) is 159 Å². The van der Waals surface area contributed by atoms with E-state index in [9.17, 15) is 24.0 Å². The second kappa shape index (κ2) is 14.1. The van der Waals surface area contributed by atoms with E-state index in [1.165, 1.54) is 13.8 Å². The summed E-state index contributed by atoms with van der Waals surface area (Å²) in [6.07, 6.45) is 0.818. The molecular weight excluding hydrogens is 450 g/mol. The lowest BCUT2D eigenvalue weighted by atomic mass is 9.96. The van der Waals surface area contributed by atoms with Gasteiger partial charge in [-0.1, -0.05) is 64.4 Å². The van der Waals surface area contributed by atoms with Crippen LogP contribution in [0.3, 0.4) is 0 Å². The summed E-state index contributed by atoms with van der Waals surface area (Å²) in [7, 11) is 0. The molecule has 1 aromatic carbocycles. The first kappa shape index (κ1) is 29.6. The summed E-state index contributed by atoms with van der Waals surface area (Å²) in [6, 6.07) is 5.40. The lowest BCUT2D eigenvalue weighted by Gasteiger charge is -2.29. The molecule has 1 rings (SSSR count). The first-order valence-electron chi connectivity index (χ1n) is 11.9. The second-order valence-corrected chi connectivity index (χ2v) is 9.18. The van der Waals surface area contributed by atoms with Crippen LogP contribution >= 0.6 is 0 Å². The van der Waals surface area contributed by atoms with Crippen LogP contribution in [0.15, 0.2) is 30.3 Å². The van der Waals surface area contributed by atoms with Gasteiger partial charge in [-0.3, -0.25) is 24.0 Å². The SMILES string of the molecule is CC[C@H](C)[C@H](NC(C)=O)C(=O)N[C@H](C(=O)N[C@H](Cc1ccccc1)C(=O)N[C@@H](C)C(N)=O)C(C)C. The van der Waals surface area contributed by atoms with Crippen LogP contribution in [0.1, 0.15) is 53.5 Å². The second-order valence-electron chi connectivity index (χ2n) is 9.18. The fourth-order valence-corrected chi connectivity index (χ4v) is 3.40. The summed E-state index contributed by atoms with van der Waals surface area (Å²) < 4.78 is 0. The van der Waals surface area contributed by atoms with Gasteiger partial charge in [-0.15, -0.1) is 0 Å². The Morgan fingerprint density at radius 2 is 1.37 bits per heavy atom. The van der Waals surface area contributed by atoms with Gasteiger partial charge in [-0.05, 0) is 24.3 Å². The highest BCUT2D eigenvalue weighted by Crippen LogP contribution is 2.11. The van der Waals surface area contributed by atoms with Crippen molar-refractivity contribution in [3.63, 3.8) is 0 Å². The van der Waals surface area contributed by atoms with E-state index in [1.54, 1.807) is 13.8 Å². The quantitative estimate of drug-likeness (QED) is 0.271. The van der Waals surface area contributed by atoms with E-state index in [-0.39, 0.29) is 24.2 Å². The van der Waals surface area contributed by atoms with Crippen molar-refractivity contribution in [1.82, 2.24) is 21.3 Å². The first-order chi connectivity index (χ1) is 16.4. The van der Waals surface area contributed by atoms with E-state index in [2.05, 4.69) is 21.3 Å². The number of amides is 5. The third-order valence-corrected chi connectivity index (χ3v) is 5.80. The maximum atomic E-state index is 13.2. The number of rotatable bonds is 13. The molecule has 0 saturated heterocycles. The maximum absolute atomic E-state index is 13.2. The highest BCUT2D eigenvalue weighted by atomic mass is 16.2. The molecule has 5 amide bonds. The van der Waals surface area contributed by atoms with Crippen LogP contribution in [0.2, 0.25) is 0 Å². The highest BCUT2D eigenvalue weighted by molar-refractivity contribution is 5.95. The summed E-state index contributed by atoms with van der Waals surface area (Å²) >= 11 is 0. The molecule has 10 nitrogen and oxygen atoms in total. The molecule has 0 aliphatic rings. The number of hydrogen-bond donors (Lipinski definition) is 5. The zero-order valence-electron chi connectivity index (χ0n) is 21.4. The monoisotopic (exact) mass is 489 g/mol. The zero-order chi connectivity index (χ0) is 26.7. The molecule has 0 radical (unpaired) electrons. The molecule has 0 aliphatic carbocycles. The fraction of sp³-hybridized carbons (Fsp3) is 0.560. The number of primary amides is 1. The van der Waals surface area contributed by atoms with Gasteiger partial charge in [0.05, 0.1) is 0 Å². The molecule has 0 saturated carbocycles. The van der Waals surface area contributed by atoms with Crippen molar-refractivity contribution < 1.29 is 24.0 Å². The number of hydrogen-bond acceptors (Lipinski definition) is 5. The molecule has 0 aromatic heterocycles. The number of carbonyl (C=O) groups is 5. The van der Waals surface area contributed by atoms with Crippen molar-refractivity contribution in [2.75, 3.05) is 0 Å². The summed E-state index contributed by atoms with van der Waals surface area (Å²) in [4.78, 5) is 62.2. The van der Waals surface area contributed by atoms with E-state index >= 15 is 0 Å². The molecule has 0 aliphatic heterocycles. The van der Waals surface area contributed by atoms with Gasteiger partial charge in [-0.25, -0.2) is 0 Å². The van der Waals surface area contributed by atoms with E-state index in [1.807, 2.05) is 44.2 Å². The molecule has 0 heterocycles. The smallest absolute Gasteiger partial charge is 0.243 e. The predicted molar refractivity (Wildman–Crippen MR) is 133 cm³/mol. The number of benzene rings is 1. The number of carbonyl (C=O) groups excluding carboxylic acids is 5. The molecule has 0 spiro atoms. The molecule has 194 valence electrons. The summed E-state index contributed by atoms with van der Waals surface area (Å²) in [6.45, 7) is 10.1. The Kier molecular flexibility index (Phi) is 11.9. The molecule has 0 unspecified atom stereocenters. The summed E-state index contributed by atoms with van der Waals surface area (Å²) in [5.41, 5.74) is 6.06. The fourth-order valence-electron chi connectivity index (χ4n) is 3.40. The Morgan fingerprint density at radius 1 is 0.800 bits per heavy atom. The normalized spacial score (nSPS) is 15.2. The zero-order valence-corrected chi connectivity index (χ0v) is 21.4. The number of nitrogens with one attached hydrogen (secondary N) is 4. The Hall–Kier alpha value is -3.43. The van der Waals surface area contributed by atoms with Crippen LogP contribution in [0.25, 0.3) is 0 Å². The van der Waals surface area contributed by atoms with Gasteiger partial charge in [0.15, 0.2) is 0 Å². The molecule has 0 bridgehead atoms. The van der Waals surface area contributed by atoms with Crippen LogP contribution in [-0.4, -0.2) is 53.7 Å². The minimum Gasteiger partial charge on any atom is -0.368 e. The van der Waals surface area contributed by atoms with Gasteiger partial charge < -0.3 is 27.0 Å². The molecule has 10 heteroatoms. The van der Waals surface area contributed by atoms with Gasteiger partial charge in [-0.2, -0.15) is 0 Å². The summed E-state index contributed by atoms with van der Waals surface area (Å²) in [5, 5.41) is 10.6. The van der Waals surface area contributed by atoms with Crippen LogP contribution in [-0.2, 0) is 30.4 Å². The summed E-state index contributed by atoms with van der Waals surface area (Å²) in [5.74, 6) is -3.11. The van der Waals surface area contributed by atoms with E-state index < -0.39 is 47.8 Å². The van der Waals surface area contributed by atoms with Crippen LogP contribution in [0, 0.1) is 11.8 Å². The van der Waals surface area contributed by atoms with Crippen molar-refractivity contribution in [3.05, 3.63) is 35.9 Å². The average molecular weight is 490 g/mol. The van der Waals surface area contributed by atoms with Crippen molar-refractivity contribution in [3.8, 4) is 0 Å². The molecule has 1 aromatic rings. The highest BCUT2D eigenvalue weighted by Gasteiger charge is 2.33. The third-order valence-electron chi connectivity index (χ3n) is 5.80. The van der Waals surface area contributed by atoms with E-state index in [0.717, 1.165) is 5.56 Å². The van der Waals surface area contributed by atoms with Gasteiger partial charge in [0.2, 0.25) is 29.5 Å². The predicted octanol–water partition coefficient (Wildman–Crippen LogP) is 0.396. The van der Waals surface area contributed by atoms with Crippen LogP contribution in [0.5, 0.6) is 0 Å². The standard InChI is InChI=1S/C25H39N5O5/c1-7-15(4)21(28-17(6)31)25(35)30-20(14(2)3)24(34)29-19(13-18-11-9-8-10-12-18)23(33)27-16(5)22(26)32/h8-12,14-16,19-21H,7,13H2,1-6H3,(H2,26,32)(H,27,33)(H,28,31)(H,29,34)(H,30,35)/t15-,16-,19+,20-,21-/m0/s1. The Morgan fingerprint density at radius 3 is 1.86 bits per heavy atom. The minimum absolute atomic E-state index is 0.151. The van der Waals surface area contributed by atoms with Crippen molar-refractivity contribution in [2.24, 2.45) is 17.6 Å². The lowest BCUT2D eigenvalue weighted by molar-refractivity contribution is -0.135. The van der Waals surface area contributed by atoms with Crippen LogP contribution in [0.4, 0.5) is 0 Å². The molecular formula is C25H39N5O5. The van der Waals surface area contributed by atoms with Gasteiger partial charge in [0, 0.05) is 13.3 Å². The van der Waals surface area contributed by atoms with Crippen molar-refractivity contribution in [1.29, 1.82) is 0 Å². The maximum Gasteiger partial charge on any atom is 0.243 e. The van der Waals surface area contributed by atoms with Crippen molar-refractivity contribution in [2.45, 2.75) is 78.6 Å². The van der Waals surface area contributed by atoms with Gasteiger partial charge >= 0.3 is 0 Å². The lowest BCUT2D eigenvalue weighted by Crippen LogP contribution is -2.60. The Balaban J connectivity index is 3.10.